The first kappa shape index (κ1) is 29.3. The van der Waals surface area contributed by atoms with Crippen molar-refractivity contribution in [3.05, 3.63) is 0 Å². The second kappa shape index (κ2) is 13.9. The van der Waals surface area contributed by atoms with E-state index >= 15 is 0 Å². The molecule has 0 aromatic rings. The van der Waals surface area contributed by atoms with Crippen LogP contribution >= 0.6 is 11.8 Å². The number of likely N-dealkylation sites (tertiary alicyclic amines) is 1. The van der Waals surface area contributed by atoms with Crippen LogP contribution in [0.5, 0.6) is 0 Å². The topological polar surface area (TPSA) is 138 Å². The molecule has 1 saturated heterocycles. The van der Waals surface area contributed by atoms with Gasteiger partial charge in [-0.15, -0.1) is 0 Å². The molecule has 5 N–H and O–H groups in total. The number of amidine groups is 1. The summed E-state index contributed by atoms with van der Waals surface area (Å²) in [6, 6.07) is -1.32. The van der Waals surface area contributed by atoms with E-state index < -0.39 is 22.9 Å². The lowest BCUT2D eigenvalue weighted by Crippen LogP contribution is -2.60. The number of hydrogen-bond acceptors (Lipinski definition) is 6. The second-order valence-electron chi connectivity index (χ2n) is 10.3. The Morgan fingerprint density at radius 1 is 1.14 bits per heavy atom. The van der Waals surface area contributed by atoms with Crippen LogP contribution in [0, 0.1) is 17.2 Å². The van der Waals surface area contributed by atoms with Gasteiger partial charge in [-0.05, 0) is 76.9 Å². The molecule has 10 heteroatoms. The predicted molar refractivity (Wildman–Crippen MR) is 140 cm³/mol. The number of ether oxygens (including phenoxy) is 1. The summed E-state index contributed by atoms with van der Waals surface area (Å²) in [7, 11) is 0. The summed E-state index contributed by atoms with van der Waals surface area (Å²) >= 11 is 1.64. The molecule has 0 aromatic heterocycles. The summed E-state index contributed by atoms with van der Waals surface area (Å²) < 4.78 is 4.65. The highest BCUT2D eigenvalue weighted by atomic mass is 32.2. The second-order valence-corrected chi connectivity index (χ2v) is 12.0. The molecule has 200 valence electrons. The first-order valence-corrected chi connectivity index (χ1v) is 14.1. The average molecular weight is 512 g/mol. The van der Waals surface area contributed by atoms with Crippen LogP contribution < -0.4 is 16.4 Å². The molecule has 2 fully saturated rings. The normalized spacial score (nSPS) is 23.4. The highest BCUT2D eigenvalue weighted by molar-refractivity contribution is 8.00. The van der Waals surface area contributed by atoms with Gasteiger partial charge in [0.05, 0.1) is 12.4 Å². The molecular weight excluding hydrogens is 466 g/mol. The Morgan fingerprint density at radius 3 is 2.43 bits per heavy atom. The van der Waals surface area contributed by atoms with Crippen molar-refractivity contribution in [1.82, 2.24) is 15.5 Å². The lowest BCUT2D eigenvalue weighted by Gasteiger charge is -2.37. The van der Waals surface area contributed by atoms with E-state index in [1.807, 2.05) is 20.8 Å². The van der Waals surface area contributed by atoms with Gasteiger partial charge >= 0.3 is 6.09 Å². The van der Waals surface area contributed by atoms with Crippen LogP contribution in [0.25, 0.3) is 0 Å². The van der Waals surface area contributed by atoms with E-state index in [1.165, 1.54) is 0 Å². The summed E-state index contributed by atoms with van der Waals surface area (Å²) in [6.07, 6.45) is 6.07. The van der Waals surface area contributed by atoms with Gasteiger partial charge in [-0.25, -0.2) is 4.79 Å². The van der Waals surface area contributed by atoms with Gasteiger partial charge in [0.25, 0.3) is 0 Å². The van der Waals surface area contributed by atoms with Crippen molar-refractivity contribution in [2.24, 2.45) is 17.6 Å². The average Bonchev–Trinajstić information content (AvgIpc) is 3.33. The van der Waals surface area contributed by atoms with E-state index in [-0.39, 0.29) is 23.6 Å². The first-order valence-electron chi connectivity index (χ1n) is 13.1. The number of rotatable bonds is 12. The van der Waals surface area contributed by atoms with Crippen molar-refractivity contribution in [2.45, 2.75) is 95.9 Å². The molecule has 0 bridgehead atoms. The summed E-state index contributed by atoms with van der Waals surface area (Å²) in [5.41, 5.74) is 5.64. The fourth-order valence-electron chi connectivity index (χ4n) is 4.84. The number of nitrogens with zero attached hydrogens (tertiary/aromatic N) is 1. The van der Waals surface area contributed by atoms with E-state index in [2.05, 4.69) is 17.6 Å². The van der Waals surface area contributed by atoms with Crippen molar-refractivity contribution < 1.29 is 19.1 Å². The maximum absolute atomic E-state index is 13.7. The zero-order chi connectivity index (χ0) is 26.0. The van der Waals surface area contributed by atoms with Crippen molar-refractivity contribution in [2.75, 3.05) is 25.4 Å². The van der Waals surface area contributed by atoms with Gasteiger partial charge in [0, 0.05) is 23.8 Å². The van der Waals surface area contributed by atoms with Crippen LogP contribution in [-0.2, 0) is 14.3 Å². The molecule has 0 spiro atoms. The monoisotopic (exact) mass is 511 g/mol. The molecule has 1 heterocycles. The molecule has 0 aromatic carbocycles. The Kier molecular flexibility index (Phi) is 11.7. The maximum Gasteiger partial charge on any atom is 0.407 e. The molecule has 1 aliphatic heterocycles. The standard InChI is InChI=1S/C25H45N5O4S/c1-5-14-34-24(33)29-20(25(3,4)35-15-6-2)23(32)30-13-7-8-19(30)22(31)28-16-17-9-11-18(12-10-17)21(26)27/h17-20H,5-16H2,1-4H3,(H3,26,27)(H,28,31)(H,29,33)/t17-,18-,19-,20-/m0/s1. The molecule has 35 heavy (non-hydrogen) atoms. The molecule has 2 rings (SSSR count). The van der Waals surface area contributed by atoms with Crippen LogP contribution in [0.15, 0.2) is 0 Å². The SMILES string of the molecule is CCCOC(=O)N[C@@H](C(=O)N1CCC[C@H]1C(=O)NC[C@H]1CC[C@H](C(=N)N)CC1)C(C)(C)SCCC. The smallest absolute Gasteiger partial charge is 0.407 e. The minimum Gasteiger partial charge on any atom is -0.450 e. The molecule has 2 atom stereocenters. The minimum absolute atomic E-state index is 0.129. The molecule has 9 nitrogen and oxygen atoms in total. The number of carbonyl (C=O) groups is 3. The summed E-state index contributed by atoms with van der Waals surface area (Å²) in [5.74, 6) is 1.29. The van der Waals surface area contributed by atoms with Gasteiger partial charge in [-0.1, -0.05) is 13.8 Å². The van der Waals surface area contributed by atoms with Gasteiger partial charge < -0.3 is 26.0 Å². The fourth-order valence-corrected chi connectivity index (χ4v) is 5.90. The summed E-state index contributed by atoms with van der Waals surface area (Å²) in [6.45, 7) is 9.27. The fraction of sp³-hybridized carbons (Fsp3) is 0.840. The number of thioether (sulfide) groups is 1. The van der Waals surface area contributed by atoms with E-state index in [9.17, 15) is 14.4 Å². The van der Waals surface area contributed by atoms with Gasteiger partial charge in [0.2, 0.25) is 11.8 Å². The highest BCUT2D eigenvalue weighted by Crippen LogP contribution is 2.32. The van der Waals surface area contributed by atoms with Crippen LogP contribution in [0.2, 0.25) is 0 Å². The molecule has 3 amide bonds. The Bertz CT molecular complexity index is 739. The Hall–Kier alpha value is -1.97. The molecule has 2 aliphatic rings. The molecule has 0 radical (unpaired) electrons. The molecule has 1 saturated carbocycles. The lowest BCUT2D eigenvalue weighted by molar-refractivity contribution is -0.140. The van der Waals surface area contributed by atoms with E-state index in [0.29, 0.717) is 38.5 Å². The number of alkyl carbamates (subject to hydrolysis) is 1. The Labute approximate surface area is 214 Å². The first-order chi connectivity index (χ1) is 16.6. The Morgan fingerprint density at radius 2 is 1.83 bits per heavy atom. The zero-order valence-electron chi connectivity index (χ0n) is 21.9. The van der Waals surface area contributed by atoms with Crippen LogP contribution in [0.3, 0.4) is 0 Å². The zero-order valence-corrected chi connectivity index (χ0v) is 22.7. The molecule has 1 aliphatic carbocycles. The van der Waals surface area contributed by atoms with Crippen molar-refractivity contribution in [3.8, 4) is 0 Å². The Balaban J connectivity index is 2.03. The lowest BCUT2D eigenvalue weighted by atomic mass is 9.81. The summed E-state index contributed by atoms with van der Waals surface area (Å²) in [4.78, 5) is 40.9. The van der Waals surface area contributed by atoms with Gasteiger partial charge in [0.1, 0.15) is 12.1 Å². The number of hydrogen-bond donors (Lipinski definition) is 4. The van der Waals surface area contributed by atoms with Crippen LogP contribution in [0.1, 0.15) is 79.1 Å². The van der Waals surface area contributed by atoms with Gasteiger partial charge in [-0.2, -0.15) is 11.8 Å². The van der Waals surface area contributed by atoms with Crippen molar-refractivity contribution >= 4 is 35.5 Å². The van der Waals surface area contributed by atoms with Crippen LogP contribution in [-0.4, -0.2) is 70.9 Å². The van der Waals surface area contributed by atoms with E-state index in [0.717, 1.165) is 44.3 Å². The molecule has 0 unspecified atom stereocenters. The number of nitrogens with two attached hydrogens (primary N) is 1. The number of amides is 3. The van der Waals surface area contributed by atoms with Gasteiger partial charge in [-0.3, -0.25) is 15.0 Å². The van der Waals surface area contributed by atoms with E-state index in [1.54, 1.807) is 16.7 Å². The number of carbonyl (C=O) groups excluding carboxylic acids is 3. The largest absolute Gasteiger partial charge is 0.450 e. The minimum atomic E-state index is -0.793. The predicted octanol–water partition coefficient (Wildman–Crippen LogP) is 3.26. The quantitative estimate of drug-likeness (QED) is 0.234. The van der Waals surface area contributed by atoms with E-state index in [4.69, 9.17) is 15.9 Å². The van der Waals surface area contributed by atoms with Crippen molar-refractivity contribution in [1.29, 1.82) is 5.41 Å². The third-order valence-corrected chi connectivity index (χ3v) is 8.60. The maximum atomic E-state index is 13.7. The third kappa shape index (κ3) is 8.58. The summed E-state index contributed by atoms with van der Waals surface area (Å²) in [5, 5.41) is 13.5. The molecular formula is C25H45N5O4S. The number of nitrogens with one attached hydrogen (secondary N) is 3. The van der Waals surface area contributed by atoms with Crippen molar-refractivity contribution in [3.63, 3.8) is 0 Å². The van der Waals surface area contributed by atoms with Crippen LogP contribution in [0.4, 0.5) is 4.79 Å². The third-order valence-electron chi connectivity index (χ3n) is 7.01. The van der Waals surface area contributed by atoms with Gasteiger partial charge in [0.15, 0.2) is 0 Å². The highest BCUT2D eigenvalue weighted by Gasteiger charge is 2.44.